The van der Waals surface area contributed by atoms with Crippen LogP contribution in [0.2, 0.25) is 0 Å². The molecule has 0 bridgehead atoms. The van der Waals surface area contributed by atoms with Crippen molar-refractivity contribution in [1.82, 2.24) is 4.90 Å². The van der Waals surface area contributed by atoms with Crippen molar-refractivity contribution >= 4 is 23.4 Å². The van der Waals surface area contributed by atoms with E-state index in [1.165, 1.54) is 23.9 Å². The molecule has 6 heteroatoms. The molecule has 0 atom stereocenters. The summed E-state index contributed by atoms with van der Waals surface area (Å²) in [7, 11) is 0. The van der Waals surface area contributed by atoms with Gasteiger partial charge in [0.2, 0.25) is 0 Å². The van der Waals surface area contributed by atoms with Crippen LogP contribution in [-0.2, 0) is 0 Å². The van der Waals surface area contributed by atoms with Gasteiger partial charge in [-0.15, -0.1) is 0 Å². The summed E-state index contributed by atoms with van der Waals surface area (Å²) < 4.78 is 13.2. The fourth-order valence-corrected chi connectivity index (χ4v) is 4.51. The number of nitriles is 1. The maximum atomic E-state index is 13.2. The highest BCUT2D eigenvalue weighted by Crippen LogP contribution is 2.33. The van der Waals surface area contributed by atoms with Crippen LogP contribution in [0.15, 0.2) is 82.6 Å². The molecule has 0 saturated carbocycles. The average Bonchev–Trinajstić information content (AvgIpc) is 2.80. The second-order valence-corrected chi connectivity index (χ2v) is 8.05. The van der Waals surface area contributed by atoms with E-state index < -0.39 is 0 Å². The quantitative estimate of drug-likeness (QED) is 0.611. The lowest BCUT2D eigenvalue weighted by Crippen LogP contribution is -2.48. The predicted octanol–water partition coefficient (Wildman–Crippen LogP) is 4.81. The Morgan fingerprint density at radius 1 is 0.867 bits per heavy atom. The van der Waals surface area contributed by atoms with Crippen molar-refractivity contribution in [3.63, 3.8) is 0 Å². The van der Waals surface area contributed by atoms with Crippen molar-refractivity contribution in [2.75, 3.05) is 31.1 Å². The van der Waals surface area contributed by atoms with E-state index in [-0.39, 0.29) is 11.7 Å². The summed E-state index contributed by atoms with van der Waals surface area (Å²) in [6.07, 6.45) is 0. The molecule has 1 aliphatic heterocycles. The largest absolute Gasteiger partial charge is 0.368 e. The summed E-state index contributed by atoms with van der Waals surface area (Å²) in [5, 5.41) is 9.35. The van der Waals surface area contributed by atoms with Gasteiger partial charge in [-0.3, -0.25) is 4.79 Å². The summed E-state index contributed by atoms with van der Waals surface area (Å²) in [6, 6.07) is 23.6. The van der Waals surface area contributed by atoms with E-state index >= 15 is 0 Å². The van der Waals surface area contributed by atoms with Crippen LogP contribution in [0, 0.1) is 17.1 Å². The molecule has 1 heterocycles. The molecule has 1 aliphatic rings. The number of piperazine rings is 1. The number of carbonyl (C=O) groups is 1. The van der Waals surface area contributed by atoms with Gasteiger partial charge in [0.25, 0.3) is 5.91 Å². The Labute approximate surface area is 179 Å². The van der Waals surface area contributed by atoms with Crippen molar-refractivity contribution < 1.29 is 9.18 Å². The highest BCUT2D eigenvalue weighted by Gasteiger charge is 2.24. The van der Waals surface area contributed by atoms with Gasteiger partial charge >= 0.3 is 0 Å². The van der Waals surface area contributed by atoms with Crippen LogP contribution in [0.4, 0.5) is 10.1 Å². The van der Waals surface area contributed by atoms with Crippen molar-refractivity contribution in [2.24, 2.45) is 0 Å². The van der Waals surface area contributed by atoms with Gasteiger partial charge in [0, 0.05) is 41.7 Å². The summed E-state index contributed by atoms with van der Waals surface area (Å²) in [5.74, 6) is -0.258. The van der Waals surface area contributed by atoms with E-state index in [1.54, 1.807) is 18.2 Å². The summed E-state index contributed by atoms with van der Waals surface area (Å²) in [5.41, 5.74) is 2.20. The number of amides is 1. The molecule has 1 saturated heterocycles. The lowest BCUT2D eigenvalue weighted by molar-refractivity contribution is 0.0743. The maximum absolute atomic E-state index is 13.2. The Kier molecular flexibility index (Phi) is 6.01. The Bertz CT molecular complexity index is 1090. The molecule has 0 unspecified atom stereocenters. The first-order valence-electron chi connectivity index (χ1n) is 9.71. The zero-order valence-corrected chi connectivity index (χ0v) is 17.1. The Morgan fingerprint density at radius 2 is 1.50 bits per heavy atom. The van der Waals surface area contributed by atoms with Gasteiger partial charge < -0.3 is 9.80 Å². The van der Waals surface area contributed by atoms with E-state index in [0.29, 0.717) is 37.3 Å². The molecule has 1 amide bonds. The third-order valence-corrected chi connectivity index (χ3v) is 6.26. The van der Waals surface area contributed by atoms with Gasteiger partial charge in [-0.05, 0) is 48.5 Å². The van der Waals surface area contributed by atoms with Crippen LogP contribution < -0.4 is 4.90 Å². The van der Waals surface area contributed by atoms with Crippen LogP contribution >= 0.6 is 11.8 Å². The van der Waals surface area contributed by atoms with Gasteiger partial charge in [-0.25, -0.2) is 4.39 Å². The van der Waals surface area contributed by atoms with E-state index in [9.17, 15) is 14.4 Å². The van der Waals surface area contributed by atoms with Gasteiger partial charge in [0.15, 0.2) is 0 Å². The highest BCUT2D eigenvalue weighted by molar-refractivity contribution is 7.99. The highest BCUT2D eigenvalue weighted by atomic mass is 32.2. The van der Waals surface area contributed by atoms with Gasteiger partial charge in [0.1, 0.15) is 11.9 Å². The summed E-state index contributed by atoms with van der Waals surface area (Å²) in [6.45, 7) is 2.60. The fourth-order valence-electron chi connectivity index (χ4n) is 3.49. The van der Waals surface area contributed by atoms with Gasteiger partial charge in [-0.1, -0.05) is 36.0 Å². The van der Waals surface area contributed by atoms with E-state index in [0.717, 1.165) is 15.5 Å². The smallest absolute Gasteiger partial charge is 0.255 e. The Morgan fingerprint density at radius 3 is 2.20 bits per heavy atom. The molecular weight excluding hydrogens is 397 g/mol. The molecule has 150 valence electrons. The third-order valence-electron chi connectivity index (χ3n) is 5.10. The zero-order chi connectivity index (χ0) is 20.9. The second kappa shape index (κ2) is 9.02. The molecule has 30 heavy (non-hydrogen) atoms. The molecule has 0 radical (unpaired) electrons. The maximum Gasteiger partial charge on any atom is 0.255 e. The Hall–Kier alpha value is -3.30. The normalized spacial score (nSPS) is 13.7. The zero-order valence-electron chi connectivity index (χ0n) is 16.3. The number of nitrogens with zero attached hydrogens (tertiary/aromatic N) is 3. The van der Waals surface area contributed by atoms with Crippen LogP contribution in [0.5, 0.6) is 0 Å². The lowest BCUT2D eigenvalue weighted by atomic mass is 10.1. The predicted molar refractivity (Wildman–Crippen MR) is 116 cm³/mol. The monoisotopic (exact) mass is 417 g/mol. The number of rotatable bonds is 4. The lowest BCUT2D eigenvalue weighted by Gasteiger charge is -2.36. The molecule has 3 aromatic rings. The minimum Gasteiger partial charge on any atom is -0.368 e. The molecule has 0 N–H and O–H groups in total. The van der Waals surface area contributed by atoms with E-state index in [4.69, 9.17) is 0 Å². The molecule has 1 fully saturated rings. The molecule has 4 rings (SSSR count). The van der Waals surface area contributed by atoms with Crippen LogP contribution in [0.1, 0.15) is 15.9 Å². The molecule has 0 aromatic heterocycles. The number of halogens is 1. The topological polar surface area (TPSA) is 47.3 Å². The number of carbonyl (C=O) groups excluding carboxylic acids is 1. The van der Waals surface area contributed by atoms with Crippen molar-refractivity contribution in [3.05, 3.63) is 89.7 Å². The number of anilines is 1. The molecule has 4 nitrogen and oxygen atoms in total. The molecule has 3 aromatic carbocycles. The first-order valence-corrected chi connectivity index (χ1v) is 10.5. The van der Waals surface area contributed by atoms with Crippen LogP contribution in [0.3, 0.4) is 0 Å². The summed E-state index contributed by atoms with van der Waals surface area (Å²) in [4.78, 5) is 18.9. The number of hydrogen-bond acceptors (Lipinski definition) is 4. The average molecular weight is 418 g/mol. The third kappa shape index (κ3) is 4.32. The van der Waals surface area contributed by atoms with Gasteiger partial charge in [0.05, 0.1) is 11.1 Å². The second-order valence-electron chi connectivity index (χ2n) is 6.96. The minimum absolute atomic E-state index is 0.00806. The number of hydrogen-bond donors (Lipinski definition) is 0. The molecular formula is C24H20FN3OS. The van der Waals surface area contributed by atoms with Crippen LogP contribution in [-0.4, -0.2) is 37.0 Å². The van der Waals surface area contributed by atoms with Crippen molar-refractivity contribution in [3.8, 4) is 6.07 Å². The van der Waals surface area contributed by atoms with Crippen molar-refractivity contribution in [1.29, 1.82) is 5.26 Å². The molecule has 0 spiro atoms. The Balaban J connectivity index is 1.48. The van der Waals surface area contributed by atoms with E-state index in [1.807, 2.05) is 47.4 Å². The van der Waals surface area contributed by atoms with Gasteiger partial charge in [-0.2, -0.15) is 5.26 Å². The molecule has 0 aliphatic carbocycles. The standard InChI is InChI=1S/C24H20FN3OS/c25-19-9-11-20(12-10-19)27-13-15-28(16-14-27)24(29)21-6-2-4-8-23(21)30-22-7-3-1-5-18(22)17-26/h1-12H,13-16H2. The fraction of sp³-hybridized carbons (Fsp3) is 0.167. The summed E-state index contributed by atoms with van der Waals surface area (Å²) >= 11 is 1.44. The SMILES string of the molecule is N#Cc1ccccc1Sc1ccccc1C(=O)N1CCN(c2ccc(F)cc2)CC1. The first-order chi connectivity index (χ1) is 14.7. The number of benzene rings is 3. The first kappa shape index (κ1) is 20.0. The minimum atomic E-state index is -0.250. The van der Waals surface area contributed by atoms with Crippen LogP contribution in [0.25, 0.3) is 0 Å². The van der Waals surface area contributed by atoms with Crippen molar-refractivity contribution in [2.45, 2.75) is 9.79 Å². The van der Waals surface area contributed by atoms with E-state index in [2.05, 4.69) is 11.0 Å².